The lowest BCUT2D eigenvalue weighted by Gasteiger charge is -2.36. The maximum atomic E-state index is 12.3. The van der Waals surface area contributed by atoms with Crippen molar-refractivity contribution in [3.63, 3.8) is 0 Å². The molecular formula is C21H30O5. The zero-order chi connectivity index (χ0) is 19.3. The van der Waals surface area contributed by atoms with Crippen LogP contribution in [0.25, 0.3) is 6.08 Å². The van der Waals surface area contributed by atoms with Gasteiger partial charge < -0.3 is 19.3 Å². The number of ether oxygens (including phenoxy) is 3. The van der Waals surface area contributed by atoms with Crippen LogP contribution in [0.1, 0.15) is 45.6 Å². The molecule has 1 aliphatic rings. The molecule has 26 heavy (non-hydrogen) atoms. The fourth-order valence-electron chi connectivity index (χ4n) is 3.61. The molecule has 3 atom stereocenters. The number of phenolic OH excluding ortho intramolecular Hbond substituents is 1. The number of carbonyl (C=O) groups is 1. The summed E-state index contributed by atoms with van der Waals surface area (Å²) in [7, 11) is 2.93. The van der Waals surface area contributed by atoms with E-state index >= 15 is 0 Å². The Kier molecular flexibility index (Phi) is 6.95. The summed E-state index contributed by atoms with van der Waals surface area (Å²) in [5.41, 5.74) is 0.686. The molecule has 0 bridgehead atoms. The molecular weight excluding hydrogens is 332 g/mol. The molecule has 0 spiro atoms. The molecule has 0 saturated heterocycles. The average Bonchev–Trinajstić information content (AvgIpc) is 2.60. The molecule has 0 aliphatic heterocycles. The first kappa shape index (κ1) is 20.1. The van der Waals surface area contributed by atoms with Crippen molar-refractivity contribution in [3.8, 4) is 17.2 Å². The summed E-state index contributed by atoms with van der Waals surface area (Å²) in [4.78, 5) is 12.3. The van der Waals surface area contributed by atoms with Gasteiger partial charge in [-0.1, -0.05) is 27.2 Å². The Bertz CT molecular complexity index is 625. The van der Waals surface area contributed by atoms with Crippen molar-refractivity contribution >= 4 is 12.0 Å². The zero-order valence-electron chi connectivity index (χ0n) is 16.3. The van der Waals surface area contributed by atoms with E-state index in [9.17, 15) is 9.90 Å². The number of methoxy groups -OCH3 is 2. The molecule has 144 valence electrons. The van der Waals surface area contributed by atoms with E-state index in [1.165, 1.54) is 26.7 Å². The first-order valence-corrected chi connectivity index (χ1v) is 9.19. The van der Waals surface area contributed by atoms with Crippen molar-refractivity contribution in [2.45, 2.75) is 46.1 Å². The summed E-state index contributed by atoms with van der Waals surface area (Å²) in [6.45, 7) is 6.58. The van der Waals surface area contributed by atoms with Gasteiger partial charge in [-0.2, -0.15) is 0 Å². The molecule has 0 aromatic heterocycles. The fourth-order valence-corrected chi connectivity index (χ4v) is 3.61. The predicted octanol–water partition coefficient (Wildman–Crippen LogP) is 4.43. The quantitative estimate of drug-likeness (QED) is 0.599. The van der Waals surface area contributed by atoms with E-state index in [0.717, 1.165) is 12.8 Å². The van der Waals surface area contributed by atoms with Gasteiger partial charge in [0.05, 0.1) is 14.2 Å². The second-order valence-corrected chi connectivity index (χ2v) is 7.41. The Labute approximate surface area is 156 Å². The summed E-state index contributed by atoms with van der Waals surface area (Å²) in [5.74, 6) is 1.66. The highest BCUT2D eigenvalue weighted by molar-refractivity contribution is 5.87. The van der Waals surface area contributed by atoms with Crippen LogP contribution in [0, 0.1) is 17.8 Å². The maximum Gasteiger partial charge on any atom is 0.331 e. The molecule has 1 aromatic rings. The van der Waals surface area contributed by atoms with Gasteiger partial charge in [-0.05, 0) is 54.4 Å². The summed E-state index contributed by atoms with van der Waals surface area (Å²) in [6, 6.07) is 3.28. The Morgan fingerprint density at radius 3 is 2.35 bits per heavy atom. The van der Waals surface area contributed by atoms with Crippen molar-refractivity contribution in [1.29, 1.82) is 0 Å². The van der Waals surface area contributed by atoms with Crippen LogP contribution in [-0.2, 0) is 9.53 Å². The van der Waals surface area contributed by atoms with Crippen LogP contribution >= 0.6 is 0 Å². The summed E-state index contributed by atoms with van der Waals surface area (Å²) >= 11 is 0. The molecule has 1 fully saturated rings. The van der Waals surface area contributed by atoms with Gasteiger partial charge in [0.1, 0.15) is 6.10 Å². The smallest absolute Gasteiger partial charge is 0.331 e. The van der Waals surface area contributed by atoms with Gasteiger partial charge in [-0.15, -0.1) is 0 Å². The van der Waals surface area contributed by atoms with Gasteiger partial charge in [0.25, 0.3) is 0 Å². The van der Waals surface area contributed by atoms with E-state index in [-0.39, 0.29) is 17.8 Å². The van der Waals surface area contributed by atoms with E-state index in [2.05, 4.69) is 20.8 Å². The standard InChI is InChI=1S/C21H30O5/c1-13(2)16-8-6-14(3)10-17(16)26-20(22)9-7-15-11-18(24-4)21(23)19(12-15)25-5/h7,9,11-14,16-17,23H,6,8,10H2,1-5H3. The minimum atomic E-state index is -0.347. The van der Waals surface area contributed by atoms with E-state index < -0.39 is 0 Å². The molecule has 1 aliphatic carbocycles. The summed E-state index contributed by atoms with van der Waals surface area (Å²) in [6.07, 6.45) is 6.25. The SMILES string of the molecule is COc1cc(C=CC(=O)OC2CC(C)CCC2C(C)C)cc(OC)c1O. The van der Waals surface area contributed by atoms with Gasteiger partial charge in [-0.25, -0.2) is 4.79 Å². The Balaban J connectivity index is 2.09. The topological polar surface area (TPSA) is 65.0 Å². The zero-order valence-corrected chi connectivity index (χ0v) is 16.3. The van der Waals surface area contributed by atoms with Gasteiger partial charge >= 0.3 is 5.97 Å². The van der Waals surface area contributed by atoms with Crippen molar-refractivity contribution in [2.24, 2.45) is 17.8 Å². The lowest BCUT2D eigenvalue weighted by atomic mass is 9.75. The highest BCUT2D eigenvalue weighted by Crippen LogP contribution is 2.38. The molecule has 1 N–H and O–H groups in total. The Hall–Kier alpha value is -2.17. The van der Waals surface area contributed by atoms with Crippen LogP contribution in [-0.4, -0.2) is 31.4 Å². The lowest BCUT2D eigenvalue weighted by molar-refractivity contribution is -0.149. The normalized spacial score (nSPS) is 23.2. The molecule has 3 unspecified atom stereocenters. The summed E-state index contributed by atoms with van der Waals surface area (Å²) < 4.78 is 16.0. The second-order valence-electron chi connectivity index (χ2n) is 7.41. The van der Waals surface area contributed by atoms with Crippen LogP contribution in [0.2, 0.25) is 0 Å². The Morgan fingerprint density at radius 2 is 1.81 bits per heavy atom. The monoisotopic (exact) mass is 362 g/mol. The molecule has 1 saturated carbocycles. The summed E-state index contributed by atoms with van der Waals surface area (Å²) in [5, 5.41) is 9.95. The van der Waals surface area contributed by atoms with Gasteiger partial charge in [0, 0.05) is 6.08 Å². The molecule has 5 heteroatoms. The number of rotatable bonds is 6. The molecule has 0 heterocycles. The van der Waals surface area contributed by atoms with Crippen molar-refractivity contribution < 1.29 is 24.1 Å². The van der Waals surface area contributed by atoms with E-state index in [4.69, 9.17) is 14.2 Å². The molecule has 1 aromatic carbocycles. The second kappa shape index (κ2) is 8.97. The van der Waals surface area contributed by atoms with E-state index in [1.807, 2.05) is 0 Å². The van der Waals surface area contributed by atoms with E-state index in [1.54, 1.807) is 18.2 Å². The third-order valence-electron chi connectivity index (χ3n) is 5.14. The van der Waals surface area contributed by atoms with Crippen LogP contribution in [0.4, 0.5) is 0 Å². The van der Waals surface area contributed by atoms with Gasteiger partial charge in [-0.3, -0.25) is 0 Å². The number of benzene rings is 1. The highest BCUT2D eigenvalue weighted by Gasteiger charge is 2.32. The molecule has 0 amide bonds. The average molecular weight is 362 g/mol. The van der Waals surface area contributed by atoms with Crippen LogP contribution < -0.4 is 9.47 Å². The number of phenols is 1. The predicted molar refractivity (Wildman–Crippen MR) is 101 cm³/mol. The van der Waals surface area contributed by atoms with Crippen molar-refractivity contribution in [2.75, 3.05) is 14.2 Å². The van der Waals surface area contributed by atoms with Crippen LogP contribution in [0.3, 0.4) is 0 Å². The van der Waals surface area contributed by atoms with Gasteiger partial charge in [0.2, 0.25) is 5.75 Å². The largest absolute Gasteiger partial charge is 0.502 e. The van der Waals surface area contributed by atoms with Gasteiger partial charge in [0.15, 0.2) is 11.5 Å². The molecule has 2 rings (SSSR count). The van der Waals surface area contributed by atoms with Crippen LogP contribution in [0.5, 0.6) is 17.2 Å². The minimum absolute atomic E-state index is 0.0280. The third-order valence-corrected chi connectivity index (χ3v) is 5.14. The maximum absolute atomic E-state index is 12.3. The van der Waals surface area contributed by atoms with Crippen LogP contribution in [0.15, 0.2) is 18.2 Å². The third kappa shape index (κ3) is 4.93. The van der Waals surface area contributed by atoms with E-state index in [0.29, 0.717) is 34.8 Å². The molecule has 5 nitrogen and oxygen atoms in total. The number of hydrogen-bond donors (Lipinski definition) is 1. The number of carbonyl (C=O) groups excluding carboxylic acids is 1. The Morgan fingerprint density at radius 1 is 1.19 bits per heavy atom. The minimum Gasteiger partial charge on any atom is -0.502 e. The number of esters is 1. The first-order chi connectivity index (χ1) is 12.3. The highest BCUT2D eigenvalue weighted by atomic mass is 16.5. The van der Waals surface area contributed by atoms with Crippen molar-refractivity contribution in [1.82, 2.24) is 0 Å². The lowest BCUT2D eigenvalue weighted by Crippen LogP contribution is -2.35. The number of hydrogen-bond acceptors (Lipinski definition) is 5. The van der Waals surface area contributed by atoms with Crippen molar-refractivity contribution in [3.05, 3.63) is 23.8 Å². The number of aromatic hydroxyl groups is 1. The first-order valence-electron chi connectivity index (χ1n) is 9.19. The molecule has 0 radical (unpaired) electrons. The fraction of sp³-hybridized carbons (Fsp3) is 0.571.